The zero-order valence-electron chi connectivity index (χ0n) is 3.72. The zero-order valence-corrected chi connectivity index (χ0v) is 4.72. The molecule has 0 aliphatic carbocycles. The molecule has 1 unspecified atom stereocenters. The first-order valence-electron chi connectivity index (χ1n) is 1.94. The maximum atomic E-state index is 5.23. The Morgan fingerprint density at radius 2 is 2.57 bits per heavy atom. The standard InChI is InChI=1S/C4H6NOP/c5-4-2-1-3-7-6-4/h1-3,7H,5H2. The van der Waals surface area contributed by atoms with Gasteiger partial charge < -0.3 is 10.3 Å². The lowest BCUT2D eigenvalue weighted by molar-refractivity contribution is 0.481. The lowest BCUT2D eigenvalue weighted by Gasteiger charge is -2.02. The molecule has 1 aliphatic heterocycles. The summed E-state index contributed by atoms with van der Waals surface area (Å²) < 4.78 is 4.86. The van der Waals surface area contributed by atoms with Gasteiger partial charge in [-0.1, -0.05) is 6.08 Å². The summed E-state index contributed by atoms with van der Waals surface area (Å²) >= 11 is 0. The van der Waals surface area contributed by atoms with Crippen molar-refractivity contribution in [1.82, 2.24) is 0 Å². The first-order chi connectivity index (χ1) is 3.39. The predicted molar refractivity (Wildman–Crippen MR) is 30.8 cm³/mol. The summed E-state index contributed by atoms with van der Waals surface area (Å²) in [7, 11) is 0.408. The molecule has 38 valence electrons. The lowest BCUT2D eigenvalue weighted by atomic mass is 10.6. The molecule has 1 rings (SSSR count). The summed E-state index contributed by atoms with van der Waals surface area (Å²) in [6, 6.07) is 0. The van der Waals surface area contributed by atoms with E-state index in [-0.39, 0.29) is 0 Å². The molecule has 3 heteroatoms. The molecule has 2 N–H and O–H groups in total. The van der Waals surface area contributed by atoms with Crippen molar-refractivity contribution >= 4 is 8.81 Å². The van der Waals surface area contributed by atoms with Crippen molar-refractivity contribution in [2.45, 2.75) is 0 Å². The van der Waals surface area contributed by atoms with E-state index in [2.05, 4.69) is 0 Å². The van der Waals surface area contributed by atoms with Crippen LogP contribution in [-0.2, 0) is 4.52 Å². The van der Waals surface area contributed by atoms with Crippen LogP contribution in [0.2, 0.25) is 0 Å². The Kier molecular flexibility index (Phi) is 1.32. The fourth-order valence-electron chi connectivity index (χ4n) is 0.318. The fourth-order valence-corrected chi connectivity index (χ4v) is 0.765. The molecule has 0 aromatic rings. The van der Waals surface area contributed by atoms with E-state index in [1.54, 1.807) is 6.08 Å². The van der Waals surface area contributed by atoms with Crippen molar-refractivity contribution in [1.29, 1.82) is 0 Å². The van der Waals surface area contributed by atoms with Crippen LogP contribution in [0.4, 0.5) is 0 Å². The summed E-state index contributed by atoms with van der Waals surface area (Å²) in [5.74, 6) is 2.44. The van der Waals surface area contributed by atoms with E-state index >= 15 is 0 Å². The Morgan fingerprint density at radius 1 is 1.71 bits per heavy atom. The smallest absolute Gasteiger partial charge is 0.187 e. The van der Waals surface area contributed by atoms with Gasteiger partial charge >= 0.3 is 0 Å². The molecule has 2 nitrogen and oxygen atoms in total. The van der Waals surface area contributed by atoms with E-state index in [0.29, 0.717) is 14.7 Å². The van der Waals surface area contributed by atoms with Crippen molar-refractivity contribution < 1.29 is 4.52 Å². The maximum absolute atomic E-state index is 5.23. The van der Waals surface area contributed by atoms with E-state index in [0.717, 1.165) is 0 Å². The van der Waals surface area contributed by atoms with Crippen molar-refractivity contribution in [2.24, 2.45) is 5.73 Å². The summed E-state index contributed by atoms with van der Waals surface area (Å²) in [4.78, 5) is 0. The van der Waals surface area contributed by atoms with Crippen LogP contribution in [-0.4, -0.2) is 0 Å². The highest BCUT2D eigenvalue weighted by Crippen LogP contribution is 2.19. The van der Waals surface area contributed by atoms with E-state index in [9.17, 15) is 0 Å². The molecule has 0 aromatic heterocycles. The summed E-state index contributed by atoms with van der Waals surface area (Å²) in [5, 5.41) is 0. The molecule has 0 spiro atoms. The van der Waals surface area contributed by atoms with Gasteiger partial charge in [0.15, 0.2) is 5.88 Å². The third kappa shape index (κ3) is 1.20. The largest absolute Gasteiger partial charge is 0.458 e. The molecule has 0 radical (unpaired) electrons. The second kappa shape index (κ2) is 1.99. The first kappa shape index (κ1) is 4.66. The molecule has 0 aromatic carbocycles. The van der Waals surface area contributed by atoms with Gasteiger partial charge in [0.05, 0.1) is 8.81 Å². The number of allylic oxidation sites excluding steroid dienone is 2. The van der Waals surface area contributed by atoms with Crippen molar-refractivity contribution in [2.75, 3.05) is 0 Å². The minimum Gasteiger partial charge on any atom is -0.458 e. The fraction of sp³-hybridized carbons (Fsp3) is 0. The van der Waals surface area contributed by atoms with Crippen LogP contribution < -0.4 is 5.73 Å². The number of nitrogens with two attached hydrogens (primary N) is 1. The first-order valence-corrected chi connectivity index (χ1v) is 2.93. The highest BCUT2D eigenvalue weighted by atomic mass is 31.1. The van der Waals surface area contributed by atoms with Gasteiger partial charge in [-0.2, -0.15) is 0 Å². The van der Waals surface area contributed by atoms with Crippen molar-refractivity contribution in [3.63, 3.8) is 0 Å². The van der Waals surface area contributed by atoms with Gasteiger partial charge in [0.25, 0.3) is 0 Å². The third-order valence-electron chi connectivity index (χ3n) is 0.602. The Bertz CT molecular complexity index is 119. The molecule has 1 aliphatic rings. The minimum atomic E-state index is 0.408. The van der Waals surface area contributed by atoms with Crippen LogP contribution in [0.1, 0.15) is 0 Å². The predicted octanol–water partition coefficient (Wildman–Crippen LogP) is 0.924. The second-order valence-electron chi connectivity index (χ2n) is 1.15. The summed E-state index contributed by atoms with van der Waals surface area (Å²) in [6.45, 7) is 0. The highest BCUT2D eigenvalue weighted by Gasteiger charge is 1.88. The van der Waals surface area contributed by atoms with Crippen LogP contribution >= 0.6 is 8.81 Å². The topological polar surface area (TPSA) is 35.2 Å². The Labute approximate surface area is 43.9 Å². The van der Waals surface area contributed by atoms with Crippen LogP contribution in [0.5, 0.6) is 0 Å². The molecule has 0 bridgehead atoms. The monoisotopic (exact) mass is 115 g/mol. The summed E-state index contributed by atoms with van der Waals surface area (Å²) in [5.41, 5.74) is 5.23. The van der Waals surface area contributed by atoms with E-state index in [1.165, 1.54) is 0 Å². The SMILES string of the molecule is NC1=CC=CPO1. The lowest BCUT2D eigenvalue weighted by Crippen LogP contribution is -1.96. The van der Waals surface area contributed by atoms with Gasteiger partial charge in [0.1, 0.15) is 0 Å². The molecule has 1 heterocycles. The molecule has 1 atom stereocenters. The third-order valence-corrected chi connectivity index (χ3v) is 1.28. The zero-order chi connectivity index (χ0) is 5.11. The van der Waals surface area contributed by atoms with E-state index < -0.39 is 0 Å². The quantitative estimate of drug-likeness (QED) is 0.476. The van der Waals surface area contributed by atoms with Crippen molar-refractivity contribution in [3.8, 4) is 0 Å². The van der Waals surface area contributed by atoms with E-state index in [4.69, 9.17) is 10.3 Å². The van der Waals surface area contributed by atoms with Crippen LogP contribution in [0.25, 0.3) is 0 Å². The molecule has 0 amide bonds. The van der Waals surface area contributed by atoms with Crippen molar-refractivity contribution in [3.05, 3.63) is 23.9 Å². The molecule has 0 saturated heterocycles. The van der Waals surface area contributed by atoms with Gasteiger partial charge in [0, 0.05) is 0 Å². The minimum absolute atomic E-state index is 0.408. The summed E-state index contributed by atoms with van der Waals surface area (Å²) in [6.07, 6.45) is 3.62. The molecular formula is C4H6NOP. The molecule has 7 heavy (non-hydrogen) atoms. The average molecular weight is 115 g/mol. The van der Waals surface area contributed by atoms with Crippen LogP contribution in [0.3, 0.4) is 0 Å². The number of rotatable bonds is 0. The van der Waals surface area contributed by atoms with Gasteiger partial charge in [-0.25, -0.2) is 0 Å². The highest BCUT2D eigenvalue weighted by molar-refractivity contribution is 7.36. The van der Waals surface area contributed by atoms with E-state index in [1.807, 2.05) is 11.9 Å². The number of hydrogen-bond acceptors (Lipinski definition) is 2. The molecular weight excluding hydrogens is 109 g/mol. The second-order valence-corrected chi connectivity index (χ2v) is 1.92. The van der Waals surface area contributed by atoms with Crippen LogP contribution in [0.15, 0.2) is 23.9 Å². The number of hydrogen-bond donors (Lipinski definition) is 1. The Balaban J connectivity index is 2.57. The van der Waals surface area contributed by atoms with Gasteiger partial charge in [-0.3, -0.25) is 0 Å². The normalized spacial score (nSPS) is 21.4. The maximum Gasteiger partial charge on any atom is 0.187 e. The van der Waals surface area contributed by atoms with Crippen LogP contribution in [0, 0.1) is 0 Å². The Morgan fingerprint density at radius 3 is 2.86 bits per heavy atom. The van der Waals surface area contributed by atoms with Gasteiger partial charge in [0.2, 0.25) is 0 Å². The molecule has 0 fully saturated rings. The molecule has 0 saturated carbocycles. The van der Waals surface area contributed by atoms with Gasteiger partial charge in [-0.05, 0) is 11.9 Å². The Hall–Kier alpha value is -0.490. The average Bonchev–Trinajstić information content (AvgIpc) is 1.69. The van der Waals surface area contributed by atoms with Gasteiger partial charge in [-0.15, -0.1) is 0 Å².